The molecule has 0 aromatic carbocycles. The van der Waals surface area contributed by atoms with Crippen molar-refractivity contribution < 1.29 is 42.1 Å². The van der Waals surface area contributed by atoms with Gasteiger partial charge >= 0.3 is 19.8 Å². The van der Waals surface area contributed by atoms with Crippen LogP contribution in [0.3, 0.4) is 0 Å². The van der Waals surface area contributed by atoms with E-state index in [1.807, 2.05) is 21.1 Å². The topological polar surface area (TPSA) is 108 Å². The second kappa shape index (κ2) is 56.4. The van der Waals surface area contributed by atoms with Gasteiger partial charge in [-0.3, -0.25) is 18.6 Å². The van der Waals surface area contributed by atoms with Crippen LogP contribution < -0.4 is 0 Å². The Morgan fingerprint density at radius 2 is 0.760 bits per heavy atom. The van der Waals surface area contributed by atoms with Gasteiger partial charge in [0.25, 0.3) is 0 Å². The minimum absolute atomic E-state index is 0.0285. The van der Waals surface area contributed by atoms with Gasteiger partial charge < -0.3 is 18.9 Å². The molecular formula is C65H121NO8P+. The standard InChI is InChI=1S/C65H120NO8P/c1-6-8-10-12-14-16-18-20-22-24-26-28-30-31-32-33-34-36-37-39-41-43-45-47-49-51-53-55-57-64(67)71-61-63(62-73-75(69,70)72-60-59-66(3,4)5)74-65(68)58-56-54-52-50-48-46-44-42-40-38-35-29-27-25-23-21-19-17-15-13-11-9-7-2/h9,11,15,17,21,23,27,29,38,40,63H,6-8,10,12-14,16,18-20,22,24-26,28,30-37,39,41-62H2,1-5H3/p+1/b11-9-,17-15-,23-21-,29-27-,40-38-. The molecule has 2 atom stereocenters. The molecule has 10 heteroatoms. The van der Waals surface area contributed by atoms with Crippen molar-refractivity contribution in [2.24, 2.45) is 0 Å². The number of quaternary nitrogens is 1. The Bertz CT molecular complexity index is 1450. The van der Waals surface area contributed by atoms with E-state index < -0.39 is 26.5 Å². The number of unbranched alkanes of at least 4 members (excludes halogenated alkanes) is 34. The Labute approximate surface area is 464 Å². The van der Waals surface area contributed by atoms with Gasteiger partial charge in [0.15, 0.2) is 6.10 Å². The SMILES string of the molecule is CC/C=C\C/C=C\C/C=C\C/C=C\C/C=C\CCCCCCCCCC(=O)OC(COC(=O)CCCCCCCCCCCCCCCCCCCCCCCCCCCCCC)COP(=O)(O)OCC[N+](C)(C)C. The van der Waals surface area contributed by atoms with E-state index in [9.17, 15) is 19.0 Å². The van der Waals surface area contributed by atoms with Crippen LogP contribution in [0.4, 0.5) is 0 Å². The van der Waals surface area contributed by atoms with E-state index >= 15 is 0 Å². The lowest BCUT2D eigenvalue weighted by Gasteiger charge is -2.24. The Morgan fingerprint density at radius 1 is 0.427 bits per heavy atom. The zero-order valence-corrected chi connectivity index (χ0v) is 50.7. The van der Waals surface area contributed by atoms with Crippen molar-refractivity contribution in [3.63, 3.8) is 0 Å². The number of phosphoric ester groups is 1. The molecule has 9 nitrogen and oxygen atoms in total. The molecule has 0 aliphatic rings. The molecule has 0 heterocycles. The molecule has 0 aliphatic carbocycles. The summed E-state index contributed by atoms with van der Waals surface area (Å²) < 4.78 is 34.6. The maximum absolute atomic E-state index is 12.8. The summed E-state index contributed by atoms with van der Waals surface area (Å²) in [6.45, 7) is 4.35. The van der Waals surface area contributed by atoms with Crippen LogP contribution in [0.1, 0.15) is 290 Å². The predicted molar refractivity (Wildman–Crippen MR) is 321 cm³/mol. The Kier molecular flexibility index (Phi) is 54.7. The lowest BCUT2D eigenvalue weighted by Crippen LogP contribution is -2.37. The van der Waals surface area contributed by atoms with Crippen molar-refractivity contribution in [1.82, 2.24) is 0 Å². The molecule has 0 aromatic rings. The van der Waals surface area contributed by atoms with E-state index in [4.69, 9.17) is 18.5 Å². The molecule has 0 saturated carbocycles. The molecule has 0 bridgehead atoms. The first-order chi connectivity index (χ1) is 36.5. The Hall–Kier alpha value is -2.29. The predicted octanol–water partition coefficient (Wildman–Crippen LogP) is 19.9. The highest BCUT2D eigenvalue weighted by atomic mass is 31.2. The van der Waals surface area contributed by atoms with Crippen LogP contribution in [-0.4, -0.2) is 74.9 Å². The molecule has 0 aromatic heterocycles. The van der Waals surface area contributed by atoms with Gasteiger partial charge in [0, 0.05) is 12.8 Å². The summed E-state index contributed by atoms with van der Waals surface area (Å²) in [5.41, 5.74) is 0. The van der Waals surface area contributed by atoms with E-state index in [-0.39, 0.29) is 32.0 Å². The largest absolute Gasteiger partial charge is 0.472 e. The van der Waals surface area contributed by atoms with Crippen LogP contribution in [0.15, 0.2) is 60.8 Å². The molecule has 0 radical (unpaired) electrons. The summed E-state index contributed by atoms with van der Waals surface area (Å²) in [6, 6.07) is 0. The van der Waals surface area contributed by atoms with Gasteiger partial charge in [-0.25, -0.2) is 4.57 Å². The Morgan fingerprint density at radius 3 is 1.13 bits per heavy atom. The highest BCUT2D eigenvalue weighted by Crippen LogP contribution is 2.43. The number of esters is 2. The van der Waals surface area contributed by atoms with Gasteiger partial charge in [-0.2, -0.15) is 0 Å². The van der Waals surface area contributed by atoms with Crippen LogP contribution in [-0.2, 0) is 32.7 Å². The summed E-state index contributed by atoms with van der Waals surface area (Å²) in [7, 11) is 1.47. The fourth-order valence-electron chi connectivity index (χ4n) is 8.99. The molecule has 0 rings (SSSR count). The van der Waals surface area contributed by atoms with Crippen molar-refractivity contribution in [3.05, 3.63) is 60.8 Å². The zero-order chi connectivity index (χ0) is 54.9. The summed E-state index contributed by atoms with van der Waals surface area (Å²) in [6.07, 6.45) is 73.1. The highest BCUT2D eigenvalue weighted by molar-refractivity contribution is 7.47. The molecule has 0 fully saturated rings. The average molecular weight is 1080 g/mol. The first kappa shape index (κ1) is 72.7. The van der Waals surface area contributed by atoms with Gasteiger partial charge in [-0.15, -0.1) is 0 Å². The third kappa shape index (κ3) is 60.8. The van der Waals surface area contributed by atoms with Gasteiger partial charge in [0.2, 0.25) is 0 Å². The molecule has 75 heavy (non-hydrogen) atoms. The fourth-order valence-corrected chi connectivity index (χ4v) is 9.73. The molecule has 0 aliphatic heterocycles. The zero-order valence-electron chi connectivity index (χ0n) is 49.8. The van der Waals surface area contributed by atoms with Gasteiger partial charge in [-0.05, 0) is 57.8 Å². The third-order valence-corrected chi connectivity index (χ3v) is 14.8. The van der Waals surface area contributed by atoms with Crippen LogP contribution in [0, 0.1) is 0 Å². The minimum Gasteiger partial charge on any atom is -0.462 e. The first-order valence-electron chi connectivity index (χ1n) is 31.5. The third-order valence-electron chi connectivity index (χ3n) is 13.8. The quantitative estimate of drug-likeness (QED) is 0.0211. The molecule has 438 valence electrons. The van der Waals surface area contributed by atoms with Crippen molar-refractivity contribution in [2.75, 3.05) is 47.5 Å². The molecular weight excluding hydrogens is 954 g/mol. The van der Waals surface area contributed by atoms with Crippen molar-refractivity contribution in [2.45, 2.75) is 296 Å². The lowest BCUT2D eigenvalue weighted by molar-refractivity contribution is -0.870. The summed E-state index contributed by atoms with van der Waals surface area (Å²) in [5.74, 6) is -0.800. The molecule has 0 spiro atoms. The van der Waals surface area contributed by atoms with Crippen molar-refractivity contribution in [1.29, 1.82) is 0 Å². The van der Waals surface area contributed by atoms with Gasteiger partial charge in [-0.1, -0.05) is 280 Å². The van der Waals surface area contributed by atoms with Crippen LogP contribution in [0.5, 0.6) is 0 Å². The van der Waals surface area contributed by atoms with Crippen LogP contribution >= 0.6 is 7.82 Å². The van der Waals surface area contributed by atoms with Crippen molar-refractivity contribution in [3.8, 4) is 0 Å². The number of hydrogen-bond acceptors (Lipinski definition) is 7. The van der Waals surface area contributed by atoms with E-state index in [1.165, 1.54) is 180 Å². The Balaban J connectivity index is 4.10. The smallest absolute Gasteiger partial charge is 0.462 e. The number of nitrogens with zero attached hydrogens (tertiary/aromatic N) is 1. The monoisotopic (exact) mass is 1070 g/mol. The second-order valence-electron chi connectivity index (χ2n) is 22.4. The number of rotatable bonds is 58. The van der Waals surface area contributed by atoms with Gasteiger partial charge in [0.05, 0.1) is 27.7 Å². The van der Waals surface area contributed by atoms with E-state index in [0.29, 0.717) is 17.4 Å². The summed E-state index contributed by atoms with van der Waals surface area (Å²) >= 11 is 0. The number of hydrogen-bond donors (Lipinski definition) is 1. The fraction of sp³-hybridized carbons (Fsp3) is 0.815. The summed E-state index contributed by atoms with van der Waals surface area (Å²) in [5, 5.41) is 0. The van der Waals surface area contributed by atoms with E-state index in [0.717, 1.165) is 77.0 Å². The summed E-state index contributed by atoms with van der Waals surface area (Å²) in [4.78, 5) is 35.8. The first-order valence-corrected chi connectivity index (χ1v) is 33.0. The molecule has 0 saturated heterocycles. The lowest BCUT2D eigenvalue weighted by atomic mass is 10.0. The maximum Gasteiger partial charge on any atom is 0.472 e. The molecule has 1 N–H and O–H groups in total. The number of allylic oxidation sites excluding steroid dienone is 10. The number of carbonyl (C=O) groups excluding carboxylic acids is 2. The normalized spacial score (nSPS) is 13.6. The molecule has 2 unspecified atom stereocenters. The number of carbonyl (C=O) groups is 2. The minimum atomic E-state index is -4.39. The average Bonchev–Trinajstić information content (AvgIpc) is 3.37. The number of ether oxygens (including phenoxy) is 2. The van der Waals surface area contributed by atoms with Crippen molar-refractivity contribution >= 4 is 19.8 Å². The van der Waals surface area contributed by atoms with Gasteiger partial charge in [0.1, 0.15) is 19.8 Å². The van der Waals surface area contributed by atoms with Crippen LogP contribution in [0.25, 0.3) is 0 Å². The highest BCUT2D eigenvalue weighted by Gasteiger charge is 2.27. The second-order valence-corrected chi connectivity index (χ2v) is 23.9. The molecule has 0 amide bonds. The number of phosphoric acid groups is 1. The van der Waals surface area contributed by atoms with Crippen LogP contribution in [0.2, 0.25) is 0 Å². The van der Waals surface area contributed by atoms with E-state index in [2.05, 4.69) is 74.6 Å². The maximum atomic E-state index is 12.8. The number of likely N-dealkylation sites (N-methyl/N-ethyl adjacent to an activating group) is 1. The van der Waals surface area contributed by atoms with E-state index in [1.54, 1.807) is 0 Å².